The summed E-state index contributed by atoms with van der Waals surface area (Å²) >= 11 is 0. The average Bonchev–Trinajstić information content (AvgIpc) is 2.79. The standard InChI is InChI=1S/C13H16N2O3/c14-11(13(17)18)5-6-12(16)15-7-9-3-1-2-4-10(9)8-15/h1-4,11H,5-8,14H2,(H,17,18)/t11-/m0/s1. The second-order valence-corrected chi connectivity index (χ2v) is 4.50. The Kier molecular flexibility index (Phi) is 3.62. The number of carbonyl (C=O) groups excluding carboxylic acids is 1. The number of carboxylic acids is 1. The number of benzene rings is 1. The predicted molar refractivity (Wildman–Crippen MR) is 65.5 cm³/mol. The Labute approximate surface area is 105 Å². The number of carboxylic acid groups (broad SMARTS) is 1. The fourth-order valence-electron chi connectivity index (χ4n) is 2.07. The van der Waals surface area contributed by atoms with Crippen molar-refractivity contribution in [3.8, 4) is 0 Å². The van der Waals surface area contributed by atoms with E-state index in [2.05, 4.69) is 0 Å². The second-order valence-electron chi connectivity index (χ2n) is 4.50. The summed E-state index contributed by atoms with van der Waals surface area (Å²) < 4.78 is 0. The van der Waals surface area contributed by atoms with Crippen LogP contribution in [0, 0.1) is 0 Å². The van der Waals surface area contributed by atoms with Crippen molar-refractivity contribution in [3.05, 3.63) is 35.4 Å². The molecule has 96 valence electrons. The molecule has 1 aliphatic rings. The summed E-state index contributed by atoms with van der Waals surface area (Å²) in [6.07, 6.45) is 0.364. The molecule has 0 aliphatic carbocycles. The maximum absolute atomic E-state index is 11.9. The van der Waals surface area contributed by atoms with Gasteiger partial charge in [-0.1, -0.05) is 24.3 Å². The van der Waals surface area contributed by atoms with E-state index >= 15 is 0 Å². The highest BCUT2D eigenvalue weighted by Crippen LogP contribution is 2.22. The van der Waals surface area contributed by atoms with E-state index in [1.165, 1.54) is 0 Å². The predicted octanol–water partition coefficient (Wildman–Crippen LogP) is 0.721. The SMILES string of the molecule is N[C@@H](CCC(=O)N1Cc2ccccc2C1)C(=O)O. The van der Waals surface area contributed by atoms with Crippen LogP contribution < -0.4 is 5.73 Å². The quantitative estimate of drug-likeness (QED) is 0.822. The fourth-order valence-corrected chi connectivity index (χ4v) is 2.07. The number of nitrogens with two attached hydrogens (primary N) is 1. The van der Waals surface area contributed by atoms with Crippen LogP contribution >= 0.6 is 0 Å². The topological polar surface area (TPSA) is 83.6 Å². The molecule has 1 aromatic rings. The van der Waals surface area contributed by atoms with E-state index in [9.17, 15) is 9.59 Å². The zero-order valence-electron chi connectivity index (χ0n) is 10.0. The number of nitrogens with zero attached hydrogens (tertiary/aromatic N) is 1. The molecule has 3 N–H and O–H groups in total. The summed E-state index contributed by atoms with van der Waals surface area (Å²) in [6, 6.07) is 6.95. The van der Waals surface area contributed by atoms with E-state index in [0.717, 1.165) is 11.1 Å². The van der Waals surface area contributed by atoms with Gasteiger partial charge in [0.2, 0.25) is 5.91 Å². The molecule has 1 aromatic carbocycles. The monoisotopic (exact) mass is 248 g/mol. The summed E-state index contributed by atoms with van der Waals surface area (Å²) in [4.78, 5) is 24.2. The van der Waals surface area contributed by atoms with Gasteiger partial charge in [-0.15, -0.1) is 0 Å². The number of aliphatic carboxylic acids is 1. The van der Waals surface area contributed by atoms with E-state index in [4.69, 9.17) is 10.8 Å². The Hall–Kier alpha value is -1.88. The van der Waals surface area contributed by atoms with Gasteiger partial charge in [0, 0.05) is 19.5 Å². The van der Waals surface area contributed by atoms with Crippen molar-refractivity contribution in [1.82, 2.24) is 4.90 Å². The van der Waals surface area contributed by atoms with E-state index < -0.39 is 12.0 Å². The van der Waals surface area contributed by atoms with Crippen LogP contribution in [-0.2, 0) is 22.7 Å². The first kappa shape index (κ1) is 12.6. The van der Waals surface area contributed by atoms with Gasteiger partial charge in [0.25, 0.3) is 0 Å². The van der Waals surface area contributed by atoms with Gasteiger partial charge in [-0.2, -0.15) is 0 Å². The molecule has 0 spiro atoms. The highest BCUT2D eigenvalue weighted by molar-refractivity contribution is 5.79. The lowest BCUT2D eigenvalue weighted by Crippen LogP contribution is -2.33. The third-order valence-corrected chi connectivity index (χ3v) is 3.18. The van der Waals surface area contributed by atoms with Gasteiger partial charge in [-0.25, -0.2) is 0 Å². The molecule has 0 unspecified atom stereocenters. The molecule has 0 fully saturated rings. The number of fused-ring (bicyclic) bond motifs is 1. The van der Waals surface area contributed by atoms with Crippen LogP contribution in [0.3, 0.4) is 0 Å². The first-order valence-corrected chi connectivity index (χ1v) is 5.91. The Morgan fingerprint density at radius 3 is 2.33 bits per heavy atom. The first-order chi connectivity index (χ1) is 8.58. The zero-order valence-corrected chi connectivity index (χ0v) is 10.0. The maximum Gasteiger partial charge on any atom is 0.320 e. The molecule has 1 heterocycles. The van der Waals surface area contributed by atoms with E-state index in [0.29, 0.717) is 13.1 Å². The lowest BCUT2D eigenvalue weighted by molar-refractivity contribution is -0.139. The zero-order chi connectivity index (χ0) is 13.1. The summed E-state index contributed by atoms with van der Waals surface area (Å²) in [6.45, 7) is 1.22. The highest BCUT2D eigenvalue weighted by Gasteiger charge is 2.23. The molecule has 0 radical (unpaired) electrons. The Bertz CT molecular complexity index is 448. The van der Waals surface area contributed by atoms with Crippen LogP contribution in [0.25, 0.3) is 0 Å². The lowest BCUT2D eigenvalue weighted by atomic mass is 10.1. The summed E-state index contributed by atoms with van der Waals surface area (Å²) in [5.74, 6) is -1.10. The number of rotatable bonds is 4. The van der Waals surface area contributed by atoms with Gasteiger partial charge >= 0.3 is 5.97 Å². The minimum atomic E-state index is -1.06. The Morgan fingerprint density at radius 1 is 1.28 bits per heavy atom. The number of hydrogen-bond acceptors (Lipinski definition) is 3. The van der Waals surface area contributed by atoms with Crippen LogP contribution in [0.5, 0.6) is 0 Å². The third kappa shape index (κ3) is 2.68. The smallest absolute Gasteiger partial charge is 0.320 e. The van der Waals surface area contributed by atoms with Gasteiger partial charge in [-0.3, -0.25) is 9.59 Å². The van der Waals surface area contributed by atoms with Crippen LogP contribution in [0.15, 0.2) is 24.3 Å². The largest absolute Gasteiger partial charge is 0.480 e. The molecule has 18 heavy (non-hydrogen) atoms. The van der Waals surface area contributed by atoms with Gasteiger partial charge in [0.15, 0.2) is 0 Å². The molecular formula is C13H16N2O3. The molecular weight excluding hydrogens is 232 g/mol. The normalized spacial score (nSPS) is 15.3. The molecule has 5 heteroatoms. The number of hydrogen-bond donors (Lipinski definition) is 2. The minimum Gasteiger partial charge on any atom is -0.480 e. The molecule has 0 aromatic heterocycles. The maximum atomic E-state index is 11.9. The average molecular weight is 248 g/mol. The van der Waals surface area contributed by atoms with Crippen molar-refractivity contribution in [1.29, 1.82) is 0 Å². The van der Waals surface area contributed by atoms with Crippen molar-refractivity contribution in [2.45, 2.75) is 32.0 Å². The third-order valence-electron chi connectivity index (χ3n) is 3.18. The van der Waals surface area contributed by atoms with Gasteiger partial charge < -0.3 is 15.7 Å². The fraction of sp³-hybridized carbons (Fsp3) is 0.385. The van der Waals surface area contributed by atoms with Crippen molar-refractivity contribution in [2.24, 2.45) is 5.73 Å². The Balaban J connectivity index is 1.88. The lowest BCUT2D eigenvalue weighted by Gasteiger charge is -2.16. The molecule has 1 aliphatic heterocycles. The van der Waals surface area contributed by atoms with Gasteiger partial charge in [0.1, 0.15) is 6.04 Å². The van der Waals surface area contributed by atoms with Crippen LogP contribution in [-0.4, -0.2) is 27.9 Å². The van der Waals surface area contributed by atoms with Crippen molar-refractivity contribution in [2.75, 3.05) is 0 Å². The molecule has 0 saturated carbocycles. The molecule has 0 bridgehead atoms. The summed E-state index contributed by atoms with van der Waals surface area (Å²) in [5.41, 5.74) is 7.70. The first-order valence-electron chi connectivity index (χ1n) is 5.91. The Morgan fingerprint density at radius 2 is 1.83 bits per heavy atom. The molecule has 0 saturated heterocycles. The van der Waals surface area contributed by atoms with Crippen LogP contribution in [0.4, 0.5) is 0 Å². The molecule has 5 nitrogen and oxygen atoms in total. The molecule has 1 amide bonds. The van der Waals surface area contributed by atoms with Gasteiger partial charge in [0.05, 0.1) is 0 Å². The van der Waals surface area contributed by atoms with Crippen LogP contribution in [0.2, 0.25) is 0 Å². The molecule has 2 rings (SSSR count). The van der Waals surface area contributed by atoms with Gasteiger partial charge in [-0.05, 0) is 17.5 Å². The number of amides is 1. The van der Waals surface area contributed by atoms with E-state index in [1.54, 1.807) is 4.90 Å². The van der Waals surface area contributed by atoms with E-state index in [1.807, 2.05) is 24.3 Å². The number of carbonyl (C=O) groups is 2. The highest BCUT2D eigenvalue weighted by atomic mass is 16.4. The van der Waals surface area contributed by atoms with Crippen molar-refractivity contribution in [3.63, 3.8) is 0 Å². The molecule has 1 atom stereocenters. The van der Waals surface area contributed by atoms with E-state index in [-0.39, 0.29) is 18.7 Å². The van der Waals surface area contributed by atoms with Crippen molar-refractivity contribution >= 4 is 11.9 Å². The van der Waals surface area contributed by atoms with Crippen molar-refractivity contribution < 1.29 is 14.7 Å². The minimum absolute atomic E-state index is 0.0390. The summed E-state index contributed by atoms with van der Waals surface area (Å²) in [7, 11) is 0. The summed E-state index contributed by atoms with van der Waals surface area (Å²) in [5, 5.41) is 8.65. The second kappa shape index (κ2) is 5.18. The van der Waals surface area contributed by atoms with Crippen LogP contribution in [0.1, 0.15) is 24.0 Å².